The third kappa shape index (κ3) is 5.51. The Morgan fingerprint density at radius 3 is 2.25 bits per heavy atom. The fourth-order valence-electron chi connectivity index (χ4n) is 4.96. The van der Waals surface area contributed by atoms with Crippen molar-refractivity contribution in [1.29, 1.82) is 0 Å². The predicted molar refractivity (Wildman–Crippen MR) is 153 cm³/mol. The molecule has 0 fully saturated rings. The van der Waals surface area contributed by atoms with Gasteiger partial charge in [-0.05, 0) is 66.4 Å². The van der Waals surface area contributed by atoms with Gasteiger partial charge < -0.3 is 19.7 Å². The molecule has 5 rings (SSSR count). The van der Waals surface area contributed by atoms with Crippen LogP contribution in [-0.4, -0.2) is 49.9 Å². The molecule has 1 aliphatic heterocycles. The van der Waals surface area contributed by atoms with E-state index in [0.29, 0.717) is 23.6 Å². The van der Waals surface area contributed by atoms with Crippen LogP contribution in [0.4, 0.5) is 5.69 Å². The summed E-state index contributed by atoms with van der Waals surface area (Å²) >= 11 is 0. The van der Waals surface area contributed by atoms with Crippen LogP contribution in [-0.2, 0) is 27.8 Å². The number of hydrogen-bond acceptors (Lipinski definition) is 6. The third-order valence-electron chi connectivity index (χ3n) is 7.15. The van der Waals surface area contributed by atoms with Crippen molar-refractivity contribution in [3.05, 3.63) is 83.6 Å². The number of rotatable bonds is 8. The van der Waals surface area contributed by atoms with Crippen molar-refractivity contribution in [3.63, 3.8) is 0 Å². The smallest absolute Gasteiger partial charge is 0.322 e. The zero-order valence-electron chi connectivity index (χ0n) is 22.5. The number of hydrogen-bond donors (Lipinski definition) is 3. The first-order valence-corrected chi connectivity index (χ1v) is 14.5. The number of carbonyl (C=O) groups excluding carboxylic acids is 1. The van der Waals surface area contributed by atoms with E-state index >= 15 is 0 Å². The van der Waals surface area contributed by atoms with E-state index < -0.39 is 28.0 Å². The van der Waals surface area contributed by atoms with Crippen LogP contribution in [0.3, 0.4) is 0 Å². The molecule has 0 radical (unpaired) electrons. The van der Waals surface area contributed by atoms with Gasteiger partial charge in [0.2, 0.25) is 10.0 Å². The molecule has 0 saturated carbocycles. The van der Waals surface area contributed by atoms with Gasteiger partial charge in [-0.1, -0.05) is 50.2 Å². The molecule has 3 N–H and O–H groups in total. The maximum absolute atomic E-state index is 13.2. The van der Waals surface area contributed by atoms with E-state index in [0.717, 1.165) is 35.0 Å². The second kappa shape index (κ2) is 10.9. The minimum atomic E-state index is -4.01. The molecule has 0 saturated heterocycles. The van der Waals surface area contributed by atoms with Crippen LogP contribution >= 0.6 is 0 Å². The highest BCUT2D eigenvalue weighted by molar-refractivity contribution is 7.89. The van der Waals surface area contributed by atoms with E-state index in [9.17, 15) is 23.1 Å². The standard InChI is InChI=1S/C30H31N3O6S/c1-18(2)27(30(35)36)32-40(37,38)23-13-9-20(10-14-23)19-7-11-22(12-8-19)31-29(34)28-24-17-33(3)16-15-21-5-4-6-25(39-28)26(21)24/h4-14,18,27,32H,15-17H2,1-3H3,(H,31,34)(H,35,36)/t27-/m0/s1. The summed E-state index contributed by atoms with van der Waals surface area (Å²) in [5, 5.41) is 13.3. The number of nitrogens with zero attached hydrogens (tertiary/aromatic N) is 1. The number of sulfonamides is 1. The van der Waals surface area contributed by atoms with Crippen molar-refractivity contribution < 1.29 is 27.5 Å². The Kier molecular flexibility index (Phi) is 7.50. The minimum Gasteiger partial charge on any atom is -0.480 e. The third-order valence-corrected chi connectivity index (χ3v) is 8.61. The van der Waals surface area contributed by atoms with E-state index in [-0.39, 0.29) is 10.8 Å². The molecule has 40 heavy (non-hydrogen) atoms. The van der Waals surface area contributed by atoms with Gasteiger partial charge >= 0.3 is 5.97 Å². The van der Waals surface area contributed by atoms with Crippen LogP contribution < -0.4 is 10.0 Å². The topological polar surface area (TPSA) is 129 Å². The van der Waals surface area contributed by atoms with Gasteiger partial charge in [-0.15, -0.1) is 0 Å². The van der Waals surface area contributed by atoms with E-state index in [2.05, 4.69) is 21.0 Å². The zero-order valence-corrected chi connectivity index (χ0v) is 23.3. The molecule has 1 amide bonds. The summed E-state index contributed by atoms with van der Waals surface area (Å²) in [6, 6.07) is 18.1. The lowest BCUT2D eigenvalue weighted by Gasteiger charge is -2.18. The van der Waals surface area contributed by atoms with Crippen molar-refractivity contribution in [1.82, 2.24) is 9.62 Å². The molecule has 3 aromatic carbocycles. The van der Waals surface area contributed by atoms with E-state index in [1.165, 1.54) is 17.7 Å². The van der Waals surface area contributed by atoms with Crippen LogP contribution in [0, 0.1) is 5.92 Å². The van der Waals surface area contributed by atoms with Crippen LogP contribution in [0.1, 0.15) is 35.5 Å². The molecule has 0 spiro atoms. The first kappa shape index (κ1) is 27.6. The second-order valence-corrected chi connectivity index (χ2v) is 12.1. The lowest BCUT2D eigenvalue weighted by atomic mass is 10.0. The summed E-state index contributed by atoms with van der Waals surface area (Å²) < 4.78 is 33.7. The molecule has 1 aromatic heterocycles. The molecule has 1 aliphatic rings. The predicted octanol–water partition coefficient (Wildman–Crippen LogP) is 4.73. The van der Waals surface area contributed by atoms with Gasteiger partial charge in [-0.2, -0.15) is 4.72 Å². The van der Waals surface area contributed by atoms with Crippen LogP contribution in [0.25, 0.3) is 22.1 Å². The maximum Gasteiger partial charge on any atom is 0.322 e. The Labute approximate surface area is 232 Å². The molecule has 0 bridgehead atoms. The van der Waals surface area contributed by atoms with Gasteiger partial charge in [0.05, 0.1) is 4.90 Å². The Bertz CT molecular complexity index is 1680. The fraction of sp³-hybridized carbons (Fsp3) is 0.267. The molecule has 9 nitrogen and oxygen atoms in total. The average Bonchev–Trinajstić information content (AvgIpc) is 3.20. The summed E-state index contributed by atoms with van der Waals surface area (Å²) in [5.41, 5.74) is 4.98. The second-order valence-electron chi connectivity index (χ2n) is 10.4. The summed E-state index contributed by atoms with van der Waals surface area (Å²) in [4.78, 5) is 26.8. The molecule has 208 valence electrons. The summed E-state index contributed by atoms with van der Waals surface area (Å²) in [6.07, 6.45) is 0.896. The Morgan fingerprint density at radius 1 is 0.975 bits per heavy atom. The quantitative estimate of drug-likeness (QED) is 0.284. The zero-order chi connectivity index (χ0) is 28.6. The number of carboxylic acids is 1. The molecule has 4 aromatic rings. The number of aliphatic carboxylic acids is 1. The Balaban J connectivity index is 1.31. The fourth-order valence-corrected chi connectivity index (χ4v) is 6.30. The highest BCUT2D eigenvalue weighted by Gasteiger charge is 2.28. The summed E-state index contributed by atoms with van der Waals surface area (Å²) in [7, 11) is -1.98. The maximum atomic E-state index is 13.2. The average molecular weight is 562 g/mol. The Hall–Kier alpha value is -3.99. The molecule has 10 heteroatoms. The molecular weight excluding hydrogens is 530 g/mol. The number of likely N-dealkylation sites (N-methyl/N-ethyl adjacent to an activating group) is 1. The van der Waals surface area contributed by atoms with Crippen molar-refractivity contribution in [2.75, 3.05) is 18.9 Å². The van der Waals surface area contributed by atoms with E-state index in [1.54, 1.807) is 38.1 Å². The number of carbonyl (C=O) groups is 2. The number of nitrogens with one attached hydrogen (secondary N) is 2. The molecular formula is C30H31N3O6S. The minimum absolute atomic E-state index is 0.0218. The molecule has 0 aliphatic carbocycles. The first-order valence-electron chi connectivity index (χ1n) is 13.0. The van der Waals surface area contributed by atoms with E-state index in [4.69, 9.17) is 4.42 Å². The number of furan rings is 1. The summed E-state index contributed by atoms with van der Waals surface area (Å²) in [5.74, 6) is -1.64. The van der Waals surface area contributed by atoms with Crippen molar-refractivity contribution in [2.24, 2.45) is 5.92 Å². The van der Waals surface area contributed by atoms with Crippen LogP contribution in [0.2, 0.25) is 0 Å². The lowest BCUT2D eigenvalue weighted by molar-refractivity contribution is -0.140. The monoisotopic (exact) mass is 561 g/mol. The van der Waals surface area contributed by atoms with E-state index in [1.807, 2.05) is 31.3 Å². The van der Waals surface area contributed by atoms with Gasteiger partial charge in [0, 0.05) is 29.7 Å². The van der Waals surface area contributed by atoms with Crippen molar-refractivity contribution in [3.8, 4) is 11.1 Å². The number of benzene rings is 3. The molecule has 1 atom stereocenters. The summed E-state index contributed by atoms with van der Waals surface area (Å²) in [6.45, 7) is 4.81. The molecule has 0 unspecified atom stereocenters. The number of amides is 1. The SMILES string of the molecule is CC(C)[C@H](NS(=O)(=O)c1ccc(-c2ccc(NC(=O)c3oc4cccc5c4c3CN(C)CC5)cc2)cc1)C(=O)O. The highest BCUT2D eigenvalue weighted by atomic mass is 32.2. The number of carboxylic acid groups (broad SMARTS) is 1. The van der Waals surface area contributed by atoms with Gasteiger partial charge in [0.15, 0.2) is 5.76 Å². The molecule has 2 heterocycles. The van der Waals surface area contributed by atoms with Crippen LogP contribution in [0.15, 0.2) is 76.0 Å². The largest absolute Gasteiger partial charge is 0.480 e. The lowest BCUT2D eigenvalue weighted by Crippen LogP contribution is -2.44. The van der Waals surface area contributed by atoms with Gasteiger partial charge in [0.1, 0.15) is 11.6 Å². The van der Waals surface area contributed by atoms with Crippen LogP contribution in [0.5, 0.6) is 0 Å². The van der Waals surface area contributed by atoms with Crippen molar-refractivity contribution in [2.45, 2.75) is 37.8 Å². The first-order chi connectivity index (χ1) is 19.0. The van der Waals surface area contributed by atoms with Crippen molar-refractivity contribution >= 4 is 38.6 Å². The van der Waals surface area contributed by atoms with Gasteiger partial charge in [0.25, 0.3) is 5.91 Å². The Morgan fingerprint density at radius 2 is 1.62 bits per heavy atom. The highest BCUT2D eigenvalue weighted by Crippen LogP contribution is 2.33. The number of anilines is 1. The van der Waals surface area contributed by atoms with Gasteiger partial charge in [-0.25, -0.2) is 8.42 Å². The van der Waals surface area contributed by atoms with Gasteiger partial charge in [-0.3, -0.25) is 9.59 Å². The normalized spacial score (nSPS) is 14.7.